The molecule has 3 aromatic rings. The number of halogens is 1. The molecule has 0 unspecified atom stereocenters. The highest BCUT2D eigenvalue weighted by Crippen LogP contribution is 2.18. The quantitative estimate of drug-likeness (QED) is 0.687. The standard InChI is InChI=1S/C23H24ClN3/c1-18(21-10-4-5-12-23(21)24)25-27-15-13-26(14-16-27)17-20-9-6-8-19-7-2-3-11-22(19)20/h2-12H,13-17H2,1H3/p+1/b25-18-. The summed E-state index contributed by atoms with van der Waals surface area (Å²) in [6.45, 7) is 7.26. The number of fused-ring (bicyclic) bond motifs is 1. The van der Waals surface area contributed by atoms with Gasteiger partial charge in [-0.15, -0.1) is 0 Å². The number of rotatable bonds is 4. The Labute approximate surface area is 165 Å². The van der Waals surface area contributed by atoms with Gasteiger partial charge in [-0.2, -0.15) is 5.10 Å². The van der Waals surface area contributed by atoms with Crippen molar-refractivity contribution in [3.8, 4) is 0 Å². The van der Waals surface area contributed by atoms with Crippen LogP contribution < -0.4 is 4.90 Å². The number of nitrogens with zero attached hydrogens (tertiary/aromatic N) is 2. The summed E-state index contributed by atoms with van der Waals surface area (Å²) < 4.78 is 0. The van der Waals surface area contributed by atoms with Crippen molar-refractivity contribution in [1.29, 1.82) is 0 Å². The predicted molar refractivity (Wildman–Crippen MR) is 114 cm³/mol. The van der Waals surface area contributed by atoms with Gasteiger partial charge >= 0.3 is 0 Å². The zero-order valence-corrected chi connectivity index (χ0v) is 16.4. The summed E-state index contributed by atoms with van der Waals surface area (Å²) in [6, 6.07) is 23.2. The smallest absolute Gasteiger partial charge is 0.104 e. The molecule has 0 spiro atoms. The van der Waals surface area contributed by atoms with Crippen molar-refractivity contribution in [2.24, 2.45) is 5.10 Å². The van der Waals surface area contributed by atoms with E-state index in [4.69, 9.17) is 16.7 Å². The van der Waals surface area contributed by atoms with Crippen molar-refractivity contribution in [1.82, 2.24) is 5.01 Å². The molecule has 1 fully saturated rings. The van der Waals surface area contributed by atoms with Crippen LogP contribution in [-0.4, -0.2) is 36.9 Å². The molecule has 3 aromatic carbocycles. The monoisotopic (exact) mass is 378 g/mol. The molecule has 0 amide bonds. The minimum Gasteiger partial charge on any atom is -0.328 e. The third-order valence-corrected chi connectivity index (χ3v) is 5.65. The lowest BCUT2D eigenvalue weighted by molar-refractivity contribution is -0.918. The molecular weight excluding hydrogens is 354 g/mol. The molecule has 1 aliphatic rings. The van der Waals surface area contributed by atoms with Crippen LogP contribution in [0.25, 0.3) is 10.8 Å². The molecule has 1 N–H and O–H groups in total. The lowest BCUT2D eigenvalue weighted by Crippen LogP contribution is -3.13. The molecule has 0 bridgehead atoms. The maximum absolute atomic E-state index is 6.29. The fourth-order valence-corrected chi connectivity index (χ4v) is 4.10. The van der Waals surface area contributed by atoms with Gasteiger partial charge in [0.25, 0.3) is 0 Å². The number of quaternary nitrogens is 1. The van der Waals surface area contributed by atoms with Crippen LogP contribution in [0.5, 0.6) is 0 Å². The topological polar surface area (TPSA) is 20.0 Å². The van der Waals surface area contributed by atoms with Crippen molar-refractivity contribution in [3.63, 3.8) is 0 Å². The van der Waals surface area contributed by atoms with Crippen LogP contribution in [0.2, 0.25) is 5.02 Å². The summed E-state index contributed by atoms with van der Waals surface area (Å²) in [5.41, 5.74) is 3.44. The molecule has 0 atom stereocenters. The third-order valence-electron chi connectivity index (χ3n) is 5.32. The summed E-state index contributed by atoms with van der Waals surface area (Å²) in [5, 5.41) is 10.5. The van der Waals surface area contributed by atoms with Gasteiger partial charge in [-0.1, -0.05) is 72.3 Å². The first-order valence-corrected chi connectivity index (χ1v) is 9.94. The molecule has 0 saturated carbocycles. The normalized spacial score (nSPS) is 16.1. The number of nitrogens with one attached hydrogen (secondary N) is 1. The fourth-order valence-electron chi connectivity index (χ4n) is 3.82. The maximum Gasteiger partial charge on any atom is 0.104 e. The summed E-state index contributed by atoms with van der Waals surface area (Å²) in [6.07, 6.45) is 0. The first-order chi connectivity index (χ1) is 13.2. The van der Waals surface area contributed by atoms with Crippen molar-refractivity contribution in [3.05, 3.63) is 82.9 Å². The van der Waals surface area contributed by atoms with E-state index >= 15 is 0 Å². The molecule has 0 aromatic heterocycles. The minimum atomic E-state index is 0.763. The van der Waals surface area contributed by atoms with Gasteiger partial charge in [-0.05, 0) is 23.8 Å². The Morgan fingerprint density at radius 2 is 1.67 bits per heavy atom. The predicted octanol–water partition coefficient (Wildman–Crippen LogP) is 3.62. The van der Waals surface area contributed by atoms with Crippen LogP contribution in [0.3, 0.4) is 0 Å². The molecule has 0 radical (unpaired) electrons. The van der Waals surface area contributed by atoms with E-state index in [9.17, 15) is 0 Å². The second-order valence-corrected chi connectivity index (χ2v) is 7.59. The Balaban J connectivity index is 1.40. The first kappa shape index (κ1) is 18.0. The highest BCUT2D eigenvalue weighted by atomic mass is 35.5. The van der Waals surface area contributed by atoms with Gasteiger partial charge in [0.05, 0.1) is 31.9 Å². The van der Waals surface area contributed by atoms with Crippen LogP contribution in [0, 0.1) is 0 Å². The average Bonchev–Trinajstić information content (AvgIpc) is 2.70. The van der Waals surface area contributed by atoms with Gasteiger partial charge in [0, 0.05) is 16.1 Å². The van der Waals surface area contributed by atoms with Gasteiger partial charge < -0.3 is 4.90 Å². The van der Waals surface area contributed by atoms with Gasteiger partial charge in [0.15, 0.2) is 0 Å². The Kier molecular flexibility index (Phi) is 5.42. The van der Waals surface area contributed by atoms with E-state index in [1.54, 1.807) is 4.90 Å². The minimum absolute atomic E-state index is 0.763. The van der Waals surface area contributed by atoms with Crippen molar-refractivity contribution >= 4 is 28.1 Å². The Hall–Kier alpha value is -2.36. The number of benzene rings is 3. The third kappa shape index (κ3) is 4.15. The number of hydrogen-bond donors (Lipinski definition) is 1. The van der Waals surface area contributed by atoms with Gasteiger partial charge in [0.2, 0.25) is 0 Å². The average molecular weight is 379 g/mol. The molecule has 1 heterocycles. The van der Waals surface area contributed by atoms with Crippen LogP contribution in [0.4, 0.5) is 0 Å². The van der Waals surface area contributed by atoms with Crippen LogP contribution in [-0.2, 0) is 6.54 Å². The first-order valence-electron chi connectivity index (χ1n) is 9.56. The Morgan fingerprint density at radius 1 is 0.963 bits per heavy atom. The molecule has 4 rings (SSSR count). The van der Waals surface area contributed by atoms with Crippen molar-refractivity contribution in [2.75, 3.05) is 26.2 Å². The highest BCUT2D eigenvalue weighted by molar-refractivity contribution is 6.34. The Bertz CT molecular complexity index is 953. The summed E-state index contributed by atoms with van der Waals surface area (Å²) in [4.78, 5) is 1.62. The molecule has 3 nitrogen and oxygen atoms in total. The van der Waals surface area contributed by atoms with E-state index in [1.165, 1.54) is 16.3 Å². The molecule has 27 heavy (non-hydrogen) atoms. The zero-order valence-electron chi connectivity index (χ0n) is 15.7. The van der Waals surface area contributed by atoms with E-state index in [0.717, 1.165) is 49.0 Å². The molecule has 1 aliphatic heterocycles. The van der Waals surface area contributed by atoms with Gasteiger partial charge in [-0.3, -0.25) is 5.01 Å². The van der Waals surface area contributed by atoms with Gasteiger partial charge in [0.1, 0.15) is 6.54 Å². The summed E-state index contributed by atoms with van der Waals surface area (Å²) in [7, 11) is 0. The highest BCUT2D eigenvalue weighted by Gasteiger charge is 2.20. The Morgan fingerprint density at radius 3 is 2.48 bits per heavy atom. The summed E-state index contributed by atoms with van der Waals surface area (Å²) >= 11 is 6.29. The summed E-state index contributed by atoms with van der Waals surface area (Å²) in [5.74, 6) is 0. The molecule has 138 valence electrons. The lowest BCUT2D eigenvalue weighted by Gasteiger charge is -2.31. The zero-order chi connectivity index (χ0) is 18.6. The van der Waals surface area contributed by atoms with Gasteiger partial charge in [-0.25, -0.2) is 0 Å². The molecule has 1 saturated heterocycles. The molecule has 0 aliphatic carbocycles. The van der Waals surface area contributed by atoms with E-state index in [2.05, 4.69) is 47.5 Å². The van der Waals surface area contributed by atoms with E-state index in [0.29, 0.717) is 0 Å². The largest absolute Gasteiger partial charge is 0.328 e. The van der Waals surface area contributed by atoms with Crippen LogP contribution in [0.15, 0.2) is 71.8 Å². The van der Waals surface area contributed by atoms with Crippen molar-refractivity contribution in [2.45, 2.75) is 13.5 Å². The van der Waals surface area contributed by atoms with E-state index in [1.807, 2.05) is 31.2 Å². The second kappa shape index (κ2) is 8.12. The number of hydrazone groups is 1. The molecular formula is C23H25ClN3+. The van der Waals surface area contributed by atoms with E-state index < -0.39 is 0 Å². The number of piperazine rings is 1. The number of hydrogen-bond acceptors (Lipinski definition) is 2. The van der Waals surface area contributed by atoms with Crippen molar-refractivity contribution < 1.29 is 4.90 Å². The lowest BCUT2D eigenvalue weighted by atomic mass is 10.0. The molecule has 4 heteroatoms. The van der Waals surface area contributed by atoms with Crippen LogP contribution in [0.1, 0.15) is 18.1 Å². The van der Waals surface area contributed by atoms with E-state index in [-0.39, 0.29) is 0 Å². The van der Waals surface area contributed by atoms with Crippen LogP contribution >= 0.6 is 11.6 Å². The fraction of sp³-hybridized carbons (Fsp3) is 0.261. The maximum atomic E-state index is 6.29. The second-order valence-electron chi connectivity index (χ2n) is 7.18. The SMILES string of the molecule is C/C(=N/N1CC[NH+](Cc2cccc3ccccc23)CC1)c1ccccc1Cl.